The third kappa shape index (κ3) is 3.07. The number of nitrogens with one attached hydrogen (secondary N) is 1. The summed E-state index contributed by atoms with van der Waals surface area (Å²) in [5, 5.41) is 17.6. The maximum atomic E-state index is 10.1. The van der Waals surface area contributed by atoms with E-state index in [4.69, 9.17) is 4.74 Å². The summed E-state index contributed by atoms with van der Waals surface area (Å²) < 4.78 is 7.05. The number of hydrogen-bond donors (Lipinski definition) is 2. The molecule has 0 amide bonds. The second-order valence-electron chi connectivity index (χ2n) is 5.25. The van der Waals surface area contributed by atoms with Crippen LogP contribution in [-0.4, -0.2) is 40.2 Å². The average molecular weight is 273 g/mol. The lowest BCUT2D eigenvalue weighted by molar-refractivity contribution is 0.0268. The van der Waals surface area contributed by atoms with E-state index in [-0.39, 0.29) is 0 Å². The zero-order valence-electron chi connectivity index (χ0n) is 11.3. The van der Waals surface area contributed by atoms with Gasteiger partial charge in [0.15, 0.2) is 0 Å². The first kappa shape index (κ1) is 13.3. The van der Waals surface area contributed by atoms with Gasteiger partial charge in [-0.2, -0.15) is 5.10 Å². The molecule has 5 nitrogen and oxygen atoms in total. The van der Waals surface area contributed by atoms with Crippen LogP contribution in [0.1, 0.15) is 12.0 Å². The molecule has 1 atom stereocenters. The van der Waals surface area contributed by atoms with Crippen LogP contribution in [0.2, 0.25) is 0 Å². The number of hydrogen-bond acceptors (Lipinski definition) is 4. The molecule has 2 aromatic rings. The molecular weight excluding hydrogens is 254 g/mol. The van der Waals surface area contributed by atoms with Crippen molar-refractivity contribution in [2.45, 2.75) is 18.6 Å². The first-order chi connectivity index (χ1) is 9.75. The molecular formula is C15H19N3O2. The standard InChI is InChI=1S/C15H19N3O2/c19-15(6-9-20-12-15)11-16-10-13-2-4-14(5-3-13)18-8-1-7-17-18/h1-5,7-8,16,19H,6,9-12H2. The number of nitrogens with zero attached hydrogens (tertiary/aromatic N) is 2. The summed E-state index contributed by atoms with van der Waals surface area (Å²) in [6, 6.07) is 10.1. The van der Waals surface area contributed by atoms with Gasteiger partial charge in [0.25, 0.3) is 0 Å². The van der Waals surface area contributed by atoms with Gasteiger partial charge in [0.05, 0.1) is 12.3 Å². The molecule has 106 valence electrons. The maximum Gasteiger partial charge on any atom is 0.102 e. The van der Waals surface area contributed by atoms with E-state index in [1.54, 1.807) is 6.20 Å². The zero-order valence-corrected chi connectivity index (χ0v) is 11.3. The van der Waals surface area contributed by atoms with Crippen molar-refractivity contribution >= 4 is 0 Å². The summed E-state index contributed by atoms with van der Waals surface area (Å²) in [6.07, 6.45) is 4.39. The molecule has 1 unspecified atom stereocenters. The summed E-state index contributed by atoms with van der Waals surface area (Å²) in [5.74, 6) is 0. The molecule has 2 N–H and O–H groups in total. The minimum absolute atomic E-state index is 0.429. The van der Waals surface area contributed by atoms with E-state index in [0.29, 0.717) is 26.2 Å². The summed E-state index contributed by atoms with van der Waals surface area (Å²) >= 11 is 0. The SMILES string of the molecule is OC1(CNCc2ccc(-n3cccn3)cc2)CCOC1. The van der Waals surface area contributed by atoms with Gasteiger partial charge in [0.2, 0.25) is 0 Å². The Hall–Kier alpha value is -1.69. The molecule has 1 aliphatic heterocycles. The largest absolute Gasteiger partial charge is 0.386 e. The molecule has 0 bridgehead atoms. The van der Waals surface area contributed by atoms with Gasteiger partial charge in [-0.15, -0.1) is 0 Å². The lowest BCUT2D eigenvalue weighted by Crippen LogP contribution is -2.40. The van der Waals surface area contributed by atoms with Crippen LogP contribution in [0.3, 0.4) is 0 Å². The normalized spacial score (nSPS) is 22.2. The van der Waals surface area contributed by atoms with Gasteiger partial charge in [-0.3, -0.25) is 0 Å². The number of aromatic nitrogens is 2. The molecule has 1 fully saturated rings. The predicted octanol–water partition coefficient (Wildman–Crippen LogP) is 1.11. The molecule has 0 saturated carbocycles. The second-order valence-corrected chi connectivity index (χ2v) is 5.25. The van der Waals surface area contributed by atoms with Crippen LogP contribution in [0.25, 0.3) is 5.69 Å². The summed E-state index contributed by atoms with van der Waals surface area (Å²) in [7, 11) is 0. The van der Waals surface area contributed by atoms with Crippen molar-refractivity contribution in [1.82, 2.24) is 15.1 Å². The molecule has 2 heterocycles. The number of ether oxygens (including phenoxy) is 1. The molecule has 1 aliphatic rings. The van der Waals surface area contributed by atoms with Crippen molar-refractivity contribution in [3.8, 4) is 5.69 Å². The Bertz CT molecular complexity index is 531. The third-order valence-electron chi connectivity index (χ3n) is 3.57. The van der Waals surface area contributed by atoms with E-state index in [9.17, 15) is 5.11 Å². The second kappa shape index (κ2) is 5.75. The fraction of sp³-hybridized carbons (Fsp3) is 0.400. The monoisotopic (exact) mass is 273 g/mol. The molecule has 20 heavy (non-hydrogen) atoms. The maximum absolute atomic E-state index is 10.1. The molecule has 1 saturated heterocycles. The van der Waals surface area contributed by atoms with Crippen molar-refractivity contribution < 1.29 is 9.84 Å². The lowest BCUT2D eigenvalue weighted by atomic mass is 10.0. The van der Waals surface area contributed by atoms with Gasteiger partial charge in [-0.1, -0.05) is 12.1 Å². The molecule has 0 aliphatic carbocycles. The van der Waals surface area contributed by atoms with Gasteiger partial charge in [-0.25, -0.2) is 4.68 Å². The molecule has 1 aromatic carbocycles. The summed E-state index contributed by atoms with van der Waals surface area (Å²) in [6.45, 7) is 2.38. The van der Waals surface area contributed by atoms with Crippen LogP contribution in [0, 0.1) is 0 Å². The minimum atomic E-state index is -0.699. The van der Waals surface area contributed by atoms with Gasteiger partial charge in [-0.05, 0) is 23.8 Å². The highest BCUT2D eigenvalue weighted by atomic mass is 16.5. The van der Waals surface area contributed by atoms with Crippen LogP contribution < -0.4 is 5.32 Å². The van der Waals surface area contributed by atoms with Crippen molar-refractivity contribution in [2.75, 3.05) is 19.8 Å². The molecule has 3 rings (SSSR count). The third-order valence-corrected chi connectivity index (χ3v) is 3.57. The van der Waals surface area contributed by atoms with E-state index in [2.05, 4.69) is 22.5 Å². The Morgan fingerprint density at radius 3 is 2.85 bits per heavy atom. The first-order valence-electron chi connectivity index (χ1n) is 6.85. The smallest absolute Gasteiger partial charge is 0.102 e. The highest BCUT2D eigenvalue weighted by Gasteiger charge is 2.31. The fourth-order valence-electron chi connectivity index (χ4n) is 2.36. The Morgan fingerprint density at radius 1 is 1.35 bits per heavy atom. The van der Waals surface area contributed by atoms with Crippen LogP contribution in [0.15, 0.2) is 42.7 Å². The Labute approximate surface area is 118 Å². The van der Waals surface area contributed by atoms with Crippen molar-refractivity contribution in [3.05, 3.63) is 48.3 Å². The van der Waals surface area contributed by atoms with Gasteiger partial charge in [0, 0.05) is 38.5 Å². The van der Waals surface area contributed by atoms with Crippen molar-refractivity contribution in [2.24, 2.45) is 0 Å². The van der Waals surface area contributed by atoms with E-state index < -0.39 is 5.60 Å². The number of rotatable bonds is 5. The van der Waals surface area contributed by atoms with Crippen molar-refractivity contribution in [1.29, 1.82) is 0 Å². The topological polar surface area (TPSA) is 59.3 Å². The quantitative estimate of drug-likeness (QED) is 0.857. The highest BCUT2D eigenvalue weighted by Crippen LogP contribution is 2.17. The Morgan fingerprint density at radius 2 is 2.20 bits per heavy atom. The van der Waals surface area contributed by atoms with Gasteiger partial charge >= 0.3 is 0 Å². The average Bonchev–Trinajstić information content (AvgIpc) is 3.11. The van der Waals surface area contributed by atoms with Crippen molar-refractivity contribution in [3.63, 3.8) is 0 Å². The van der Waals surface area contributed by atoms with Crippen LogP contribution in [0.4, 0.5) is 0 Å². The molecule has 5 heteroatoms. The van der Waals surface area contributed by atoms with E-state index in [1.807, 2.05) is 29.1 Å². The summed E-state index contributed by atoms with van der Waals surface area (Å²) in [5.41, 5.74) is 1.53. The molecule has 1 aromatic heterocycles. The lowest BCUT2D eigenvalue weighted by Gasteiger charge is -2.20. The van der Waals surface area contributed by atoms with Crippen LogP contribution >= 0.6 is 0 Å². The summed E-state index contributed by atoms with van der Waals surface area (Å²) in [4.78, 5) is 0. The number of aliphatic hydroxyl groups is 1. The fourth-order valence-corrected chi connectivity index (χ4v) is 2.36. The highest BCUT2D eigenvalue weighted by molar-refractivity contribution is 5.33. The van der Waals surface area contributed by atoms with Gasteiger partial charge < -0.3 is 15.2 Å². The number of benzene rings is 1. The minimum Gasteiger partial charge on any atom is -0.386 e. The van der Waals surface area contributed by atoms with Crippen LogP contribution in [-0.2, 0) is 11.3 Å². The zero-order chi connectivity index (χ0) is 13.8. The first-order valence-corrected chi connectivity index (χ1v) is 6.85. The van der Waals surface area contributed by atoms with Gasteiger partial charge in [0.1, 0.15) is 5.60 Å². The Balaban J connectivity index is 1.53. The van der Waals surface area contributed by atoms with E-state index in [1.165, 1.54) is 5.56 Å². The van der Waals surface area contributed by atoms with E-state index >= 15 is 0 Å². The molecule has 0 radical (unpaired) electrons. The predicted molar refractivity (Wildman–Crippen MR) is 75.7 cm³/mol. The van der Waals surface area contributed by atoms with E-state index in [0.717, 1.165) is 12.2 Å². The molecule has 0 spiro atoms. The van der Waals surface area contributed by atoms with Crippen LogP contribution in [0.5, 0.6) is 0 Å². The Kier molecular flexibility index (Phi) is 3.82.